The number of hydrogen-bond donors (Lipinski definition) is 3. The van der Waals surface area contributed by atoms with Gasteiger partial charge in [-0.15, -0.1) is 0 Å². The molecule has 0 saturated carbocycles. The van der Waals surface area contributed by atoms with Gasteiger partial charge in [0.2, 0.25) is 6.41 Å². The highest BCUT2D eigenvalue weighted by Gasteiger charge is 2.17. The molecule has 0 aliphatic heterocycles. The number of hydrogen-bond acceptors (Lipinski definition) is 4. The van der Waals surface area contributed by atoms with E-state index in [1.54, 1.807) is 19.3 Å². The van der Waals surface area contributed by atoms with Gasteiger partial charge in [-0.05, 0) is 40.2 Å². The van der Waals surface area contributed by atoms with Crippen molar-refractivity contribution in [2.75, 3.05) is 13.7 Å². The fraction of sp³-hybridized carbons (Fsp3) is 0.500. The van der Waals surface area contributed by atoms with Crippen molar-refractivity contribution in [2.24, 2.45) is 0 Å². The van der Waals surface area contributed by atoms with Crippen LogP contribution in [-0.2, 0) is 19.1 Å². The summed E-state index contributed by atoms with van der Waals surface area (Å²) >= 11 is 0. The number of nitrogens with one attached hydrogen (secondary N) is 2. The summed E-state index contributed by atoms with van der Waals surface area (Å²) < 4.78 is 4.94. The summed E-state index contributed by atoms with van der Waals surface area (Å²) in [7, 11) is 1.71. The molecule has 0 radical (unpaired) electrons. The van der Waals surface area contributed by atoms with Crippen molar-refractivity contribution in [1.82, 2.24) is 10.6 Å². The Morgan fingerprint density at radius 3 is 2.44 bits per heavy atom. The van der Waals surface area contributed by atoms with Crippen LogP contribution in [0.4, 0.5) is 0 Å². The number of carboxylic acids is 1. The van der Waals surface area contributed by atoms with Gasteiger partial charge < -0.3 is 20.5 Å². The van der Waals surface area contributed by atoms with E-state index in [0.717, 1.165) is 12.0 Å². The summed E-state index contributed by atoms with van der Waals surface area (Å²) in [6, 6.07) is -1.13. The van der Waals surface area contributed by atoms with Gasteiger partial charge in [0.25, 0.3) is 5.91 Å². The molecule has 1 aliphatic rings. The van der Waals surface area contributed by atoms with Crippen molar-refractivity contribution < 1.29 is 24.2 Å². The zero-order valence-electron chi connectivity index (χ0n) is 15.5. The molecule has 7 heteroatoms. The first-order valence-corrected chi connectivity index (χ1v) is 7.90. The van der Waals surface area contributed by atoms with Gasteiger partial charge in [-0.3, -0.25) is 9.59 Å². The van der Waals surface area contributed by atoms with Crippen LogP contribution in [0, 0.1) is 0 Å². The molecule has 1 atom stereocenters. The van der Waals surface area contributed by atoms with Gasteiger partial charge in [-0.1, -0.05) is 23.8 Å². The third-order valence-corrected chi connectivity index (χ3v) is 3.19. The molecular formula is C18H28N2O5. The lowest BCUT2D eigenvalue weighted by atomic mass is 10.2. The van der Waals surface area contributed by atoms with Crippen LogP contribution >= 0.6 is 0 Å². The number of carbonyl (C=O) groups excluding carboxylic acids is 2. The molecule has 1 aliphatic carbocycles. The van der Waals surface area contributed by atoms with E-state index >= 15 is 0 Å². The van der Waals surface area contributed by atoms with Gasteiger partial charge in [0, 0.05) is 19.2 Å². The molecule has 140 valence electrons. The first-order valence-electron chi connectivity index (χ1n) is 7.90. The number of rotatable bonds is 6. The molecule has 0 aromatic rings. The van der Waals surface area contributed by atoms with E-state index < -0.39 is 12.0 Å². The number of methoxy groups -OCH3 is 1. The van der Waals surface area contributed by atoms with Gasteiger partial charge in [0.05, 0.1) is 5.60 Å². The number of ether oxygens (including phenoxy) is 1. The van der Waals surface area contributed by atoms with Crippen LogP contribution in [0.5, 0.6) is 0 Å². The van der Waals surface area contributed by atoms with Gasteiger partial charge in [-0.2, -0.15) is 0 Å². The molecule has 1 unspecified atom stereocenters. The third kappa shape index (κ3) is 10.9. The minimum atomic E-state index is -1.20. The lowest BCUT2D eigenvalue weighted by Crippen LogP contribution is -2.45. The Labute approximate surface area is 148 Å². The van der Waals surface area contributed by atoms with Crippen molar-refractivity contribution in [3.8, 4) is 0 Å². The second kappa shape index (κ2) is 11.2. The maximum atomic E-state index is 11.8. The summed E-state index contributed by atoms with van der Waals surface area (Å²) in [5.41, 5.74) is 1.62. The highest BCUT2D eigenvalue weighted by atomic mass is 16.5. The van der Waals surface area contributed by atoms with E-state index in [2.05, 4.69) is 10.6 Å². The summed E-state index contributed by atoms with van der Waals surface area (Å²) in [4.78, 5) is 32.8. The van der Waals surface area contributed by atoms with Crippen molar-refractivity contribution in [3.05, 3.63) is 35.5 Å². The molecule has 0 spiro atoms. The number of amides is 2. The van der Waals surface area contributed by atoms with Crippen molar-refractivity contribution in [1.29, 1.82) is 0 Å². The summed E-state index contributed by atoms with van der Waals surface area (Å²) in [5.74, 6) is -1.57. The van der Waals surface area contributed by atoms with Gasteiger partial charge in [0.1, 0.15) is 6.04 Å². The molecular weight excluding hydrogens is 324 g/mol. The maximum absolute atomic E-state index is 11.8. The molecule has 25 heavy (non-hydrogen) atoms. The lowest BCUT2D eigenvalue weighted by Gasteiger charge is -2.14. The largest absolute Gasteiger partial charge is 0.480 e. The van der Waals surface area contributed by atoms with Crippen LogP contribution in [0.3, 0.4) is 0 Å². The fourth-order valence-electron chi connectivity index (χ4n) is 1.48. The fourth-order valence-corrected chi connectivity index (χ4v) is 1.48. The topological polar surface area (TPSA) is 105 Å². The molecule has 0 saturated heterocycles. The van der Waals surface area contributed by atoms with E-state index in [-0.39, 0.29) is 18.1 Å². The van der Waals surface area contributed by atoms with Crippen molar-refractivity contribution in [2.45, 2.75) is 45.8 Å². The van der Waals surface area contributed by atoms with Crippen LogP contribution < -0.4 is 10.6 Å². The van der Waals surface area contributed by atoms with E-state index in [1.807, 2.05) is 39.8 Å². The summed E-state index contributed by atoms with van der Waals surface area (Å²) in [6.07, 6.45) is 8.14. The Bertz CT molecular complexity index is 556. The van der Waals surface area contributed by atoms with E-state index in [9.17, 15) is 14.4 Å². The summed E-state index contributed by atoms with van der Waals surface area (Å²) in [6.45, 7) is 7.85. The Morgan fingerprint density at radius 1 is 1.36 bits per heavy atom. The van der Waals surface area contributed by atoms with E-state index in [4.69, 9.17) is 9.84 Å². The second-order valence-corrected chi connectivity index (χ2v) is 6.44. The minimum Gasteiger partial charge on any atom is -0.480 e. The molecule has 0 heterocycles. The Hall–Kier alpha value is -2.41. The average Bonchev–Trinajstić information content (AvgIpc) is 2.75. The molecule has 0 fully saturated rings. The second-order valence-electron chi connectivity index (χ2n) is 6.44. The van der Waals surface area contributed by atoms with Crippen LogP contribution in [0.1, 0.15) is 34.1 Å². The quantitative estimate of drug-likeness (QED) is 0.629. The van der Waals surface area contributed by atoms with E-state index in [0.29, 0.717) is 12.0 Å². The molecule has 7 nitrogen and oxygen atoms in total. The van der Waals surface area contributed by atoms with Crippen LogP contribution in [0.2, 0.25) is 0 Å². The number of aliphatic carboxylic acids is 1. The highest BCUT2D eigenvalue weighted by Crippen LogP contribution is 2.10. The molecule has 1 rings (SSSR count). The van der Waals surface area contributed by atoms with Crippen LogP contribution in [-0.4, -0.2) is 48.7 Å². The molecule has 0 aromatic carbocycles. The van der Waals surface area contributed by atoms with E-state index in [1.165, 1.54) is 0 Å². The summed E-state index contributed by atoms with van der Waals surface area (Å²) in [5, 5.41) is 13.4. The normalized spacial score (nSPS) is 14.8. The van der Waals surface area contributed by atoms with Crippen molar-refractivity contribution >= 4 is 18.3 Å². The van der Waals surface area contributed by atoms with Crippen LogP contribution in [0.15, 0.2) is 35.5 Å². The SMILES string of the molecule is CC1=CC=C(C(=O)NCC(NC=O)C(=O)O)C=CC1.COC(C)(C)C. The molecule has 2 amide bonds. The Morgan fingerprint density at radius 2 is 1.96 bits per heavy atom. The van der Waals surface area contributed by atoms with Crippen molar-refractivity contribution in [3.63, 3.8) is 0 Å². The Kier molecular flexibility index (Phi) is 10.1. The zero-order valence-corrected chi connectivity index (χ0v) is 15.5. The molecule has 0 bridgehead atoms. The first-order chi connectivity index (χ1) is 11.6. The van der Waals surface area contributed by atoms with Gasteiger partial charge >= 0.3 is 5.97 Å². The first kappa shape index (κ1) is 22.6. The number of carboxylic acid groups (broad SMARTS) is 1. The minimum absolute atomic E-state index is 0.0417. The smallest absolute Gasteiger partial charge is 0.328 e. The number of allylic oxidation sites excluding steroid dienone is 4. The lowest BCUT2D eigenvalue weighted by molar-refractivity contribution is -0.140. The third-order valence-electron chi connectivity index (χ3n) is 3.19. The predicted octanol–water partition coefficient (Wildman–Crippen LogP) is 1.57. The highest BCUT2D eigenvalue weighted by molar-refractivity contribution is 5.97. The maximum Gasteiger partial charge on any atom is 0.328 e. The van der Waals surface area contributed by atoms with Gasteiger partial charge in [0.15, 0.2) is 0 Å². The number of carbonyl (C=O) groups is 3. The zero-order chi connectivity index (χ0) is 19.5. The molecule has 0 aromatic heterocycles. The average molecular weight is 352 g/mol. The predicted molar refractivity (Wildman–Crippen MR) is 96.0 cm³/mol. The monoisotopic (exact) mass is 352 g/mol. The standard InChI is InChI=1S/C13H16N2O4.C5H12O/c1-9-3-2-4-10(6-5-9)12(17)14-7-11(13(18)19)15-8-16;1-5(2,3)6-4/h2,4-6,8,11H,3,7H2,1H3,(H,14,17)(H,15,16)(H,18,19);1-4H3. The van der Waals surface area contributed by atoms with Crippen LogP contribution in [0.25, 0.3) is 0 Å². The Balaban J connectivity index is 0.000000823. The molecule has 3 N–H and O–H groups in total. The van der Waals surface area contributed by atoms with Gasteiger partial charge in [-0.25, -0.2) is 4.79 Å².